The minimum atomic E-state index is -3.25. The number of ether oxygens (including phenoxy) is 1. The Balaban J connectivity index is 1.58. The molecule has 3 rings (SSSR count). The standard InChI is InChI=1S/C17H17NO4S/c1-23(20,21)15-8-6-12(7-9-15)17(19)18-11-14-10-13-4-2-3-5-16(13)22-14/h2-9,14H,10-11H2,1H3,(H,18,19). The van der Waals surface area contributed by atoms with E-state index in [9.17, 15) is 13.2 Å². The number of amides is 1. The third kappa shape index (κ3) is 3.53. The van der Waals surface area contributed by atoms with Gasteiger partial charge in [-0.05, 0) is 35.9 Å². The lowest BCUT2D eigenvalue weighted by Gasteiger charge is -2.12. The zero-order valence-corrected chi connectivity index (χ0v) is 13.5. The van der Waals surface area contributed by atoms with Crippen LogP contribution in [0.25, 0.3) is 0 Å². The van der Waals surface area contributed by atoms with Crippen LogP contribution in [0.3, 0.4) is 0 Å². The number of nitrogens with one attached hydrogen (secondary N) is 1. The maximum absolute atomic E-state index is 12.1. The summed E-state index contributed by atoms with van der Waals surface area (Å²) in [7, 11) is -3.25. The first-order valence-electron chi connectivity index (χ1n) is 7.26. The van der Waals surface area contributed by atoms with Gasteiger partial charge in [0, 0.05) is 18.2 Å². The molecule has 0 fully saturated rings. The van der Waals surface area contributed by atoms with Crippen LogP contribution >= 0.6 is 0 Å². The molecule has 0 bridgehead atoms. The molecule has 0 radical (unpaired) electrons. The van der Waals surface area contributed by atoms with Gasteiger partial charge in [0.2, 0.25) is 0 Å². The molecule has 5 nitrogen and oxygen atoms in total. The van der Waals surface area contributed by atoms with Crippen LogP contribution in [0.15, 0.2) is 53.4 Å². The van der Waals surface area contributed by atoms with Crippen molar-refractivity contribution in [1.82, 2.24) is 5.32 Å². The molecule has 1 amide bonds. The smallest absolute Gasteiger partial charge is 0.251 e. The number of fused-ring (bicyclic) bond motifs is 1. The van der Waals surface area contributed by atoms with Crippen molar-refractivity contribution >= 4 is 15.7 Å². The summed E-state index contributed by atoms with van der Waals surface area (Å²) >= 11 is 0. The summed E-state index contributed by atoms with van der Waals surface area (Å²) in [4.78, 5) is 12.3. The summed E-state index contributed by atoms with van der Waals surface area (Å²) in [5.74, 6) is 0.619. The Morgan fingerprint density at radius 3 is 2.52 bits per heavy atom. The second-order valence-electron chi connectivity index (χ2n) is 5.56. The first-order valence-corrected chi connectivity index (χ1v) is 9.15. The monoisotopic (exact) mass is 331 g/mol. The summed E-state index contributed by atoms with van der Waals surface area (Å²) in [6.07, 6.45) is 1.83. The highest BCUT2D eigenvalue weighted by Crippen LogP contribution is 2.27. The average Bonchev–Trinajstić information content (AvgIpc) is 2.95. The molecule has 1 N–H and O–H groups in total. The molecule has 120 valence electrons. The number of carbonyl (C=O) groups excluding carboxylic acids is 1. The normalized spacial score (nSPS) is 16.5. The fraction of sp³-hybridized carbons (Fsp3) is 0.235. The zero-order valence-electron chi connectivity index (χ0n) is 12.7. The Hall–Kier alpha value is -2.34. The van der Waals surface area contributed by atoms with Gasteiger partial charge in [0.15, 0.2) is 9.84 Å². The van der Waals surface area contributed by atoms with Crippen LogP contribution in [-0.4, -0.2) is 33.2 Å². The van der Waals surface area contributed by atoms with Crippen LogP contribution in [0.2, 0.25) is 0 Å². The van der Waals surface area contributed by atoms with E-state index in [1.807, 2.05) is 24.3 Å². The molecule has 0 saturated carbocycles. The van der Waals surface area contributed by atoms with Crippen LogP contribution in [0.4, 0.5) is 0 Å². The molecule has 1 unspecified atom stereocenters. The topological polar surface area (TPSA) is 72.5 Å². The summed E-state index contributed by atoms with van der Waals surface area (Å²) in [5.41, 5.74) is 1.57. The Labute approximate surface area is 135 Å². The Kier molecular flexibility index (Phi) is 4.09. The van der Waals surface area contributed by atoms with Gasteiger partial charge in [-0.2, -0.15) is 0 Å². The number of hydrogen-bond acceptors (Lipinski definition) is 4. The molecule has 2 aromatic rings. The maximum atomic E-state index is 12.1. The lowest BCUT2D eigenvalue weighted by molar-refractivity contribution is 0.0933. The summed E-state index contributed by atoms with van der Waals surface area (Å²) in [5, 5.41) is 2.82. The Morgan fingerprint density at radius 2 is 1.87 bits per heavy atom. The third-order valence-corrected chi connectivity index (χ3v) is 4.88. The van der Waals surface area contributed by atoms with E-state index in [-0.39, 0.29) is 16.9 Å². The molecule has 0 saturated heterocycles. The lowest BCUT2D eigenvalue weighted by Crippen LogP contribution is -2.34. The van der Waals surface area contributed by atoms with E-state index in [0.29, 0.717) is 12.1 Å². The number of benzene rings is 2. The van der Waals surface area contributed by atoms with Gasteiger partial charge < -0.3 is 10.1 Å². The first kappa shape index (κ1) is 15.6. The molecule has 1 aliphatic heterocycles. The summed E-state index contributed by atoms with van der Waals surface area (Å²) in [6.45, 7) is 0.404. The predicted octanol–water partition coefficient (Wildman–Crippen LogP) is 1.82. The molecule has 0 aliphatic carbocycles. The van der Waals surface area contributed by atoms with E-state index in [2.05, 4.69) is 5.32 Å². The van der Waals surface area contributed by atoms with E-state index >= 15 is 0 Å². The van der Waals surface area contributed by atoms with Crippen LogP contribution in [0, 0.1) is 0 Å². The van der Waals surface area contributed by atoms with E-state index in [4.69, 9.17) is 4.74 Å². The van der Waals surface area contributed by atoms with Gasteiger partial charge in [-0.3, -0.25) is 4.79 Å². The highest BCUT2D eigenvalue weighted by Gasteiger charge is 2.22. The average molecular weight is 331 g/mol. The molecule has 23 heavy (non-hydrogen) atoms. The van der Waals surface area contributed by atoms with E-state index in [1.54, 1.807) is 0 Å². The molecule has 0 aromatic heterocycles. The maximum Gasteiger partial charge on any atom is 0.251 e. The third-order valence-electron chi connectivity index (χ3n) is 3.75. The molecule has 1 heterocycles. The van der Waals surface area contributed by atoms with Crippen LogP contribution in [0.5, 0.6) is 5.75 Å². The van der Waals surface area contributed by atoms with Crippen molar-refractivity contribution in [1.29, 1.82) is 0 Å². The fourth-order valence-corrected chi connectivity index (χ4v) is 3.16. The van der Waals surface area contributed by atoms with Crippen molar-refractivity contribution in [2.45, 2.75) is 17.4 Å². The van der Waals surface area contributed by atoms with Gasteiger partial charge in [0.25, 0.3) is 5.91 Å². The molecule has 1 atom stereocenters. The number of para-hydroxylation sites is 1. The molecule has 2 aromatic carbocycles. The van der Waals surface area contributed by atoms with E-state index < -0.39 is 9.84 Å². The van der Waals surface area contributed by atoms with E-state index in [0.717, 1.165) is 24.0 Å². The van der Waals surface area contributed by atoms with Crippen LogP contribution in [0.1, 0.15) is 15.9 Å². The largest absolute Gasteiger partial charge is 0.488 e. The Morgan fingerprint density at radius 1 is 1.17 bits per heavy atom. The van der Waals surface area contributed by atoms with Crippen molar-refractivity contribution in [2.24, 2.45) is 0 Å². The predicted molar refractivity (Wildman–Crippen MR) is 86.4 cm³/mol. The number of rotatable bonds is 4. The number of carbonyl (C=O) groups is 1. The highest BCUT2D eigenvalue weighted by atomic mass is 32.2. The molecule has 1 aliphatic rings. The van der Waals surface area contributed by atoms with Crippen molar-refractivity contribution in [3.63, 3.8) is 0 Å². The van der Waals surface area contributed by atoms with Gasteiger partial charge in [-0.15, -0.1) is 0 Å². The second-order valence-corrected chi connectivity index (χ2v) is 7.57. The highest BCUT2D eigenvalue weighted by molar-refractivity contribution is 7.90. The van der Waals surface area contributed by atoms with Crippen LogP contribution < -0.4 is 10.1 Å². The summed E-state index contributed by atoms with van der Waals surface area (Å²) < 4.78 is 28.6. The van der Waals surface area contributed by atoms with Gasteiger partial charge in [-0.25, -0.2) is 8.42 Å². The zero-order chi connectivity index (χ0) is 16.4. The SMILES string of the molecule is CS(=O)(=O)c1ccc(C(=O)NCC2Cc3ccccc3O2)cc1. The van der Waals surface area contributed by atoms with Gasteiger partial charge in [0.05, 0.1) is 11.4 Å². The molecule has 0 spiro atoms. The number of sulfone groups is 1. The lowest BCUT2D eigenvalue weighted by atomic mass is 10.1. The Bertz CT molecular complexity index is 803. The van der Waals surface area contributed by atoms with Gasteiger partial charge >= 0.3 is 0 Å². The van der Waals surface area contributed by atoms with Crippen molar-refractivity contribution < 1.29 is 17.9 Å². The quantitative estimate of drug-likeness (QED) is 0.927. The second kappa shape index (κ2) is 6.04. The minimum Gasteiger partial charge on any atom is -0.488 e. The van der Waals surface area contributed by atoms with Crippen LogP contribution in [-0.2, 0) is 16.3 Å². The van der Waals surface area contributed by atoms with Crippen molar-refractivity contribution in [3.8, 4) is 5.75 Å². The fourth-order valence-electron chi connectivity index (χ4n) is 2.53. The minimum absolute atomic E-state index is 0.0772. The molecular weight excluding hydrogens is 314 g/mol. The molecular formula is C17H17NO4S. The van der Waals surface area contributed by atoms with E-state index in [1.165, 1.54) is 24.3 Å². The van der Waals surface area contributed by atoms with Gasteiger partial charge in [-0.1, -0.05) is 18.2 Å². The first-order chi connectivity index (χ1) is 10.9. The molecule has 6 heteroatoms. The van der Waals surface area contributed by atoms with Crippen molar-refractivity contribution in [2.75, 3.05) is 12.8 Å². The van der Waals surface area contributed by atoms with Gasteiger partial charge in [0.1, 0.15) is 11.9 Å². The summed E-state index contributed by atoms with van der Waals surface area (Å²) in [6, 6.07) is 13.7. The number of hydrogen-bond donors (Lipinski definition) is 1. The van der Waals surface area contributed by atoms with Crippen molar-refractivity contribution in [3.05, 3.63) is 59.7 Å².